The van der Waals surface area contributed by atoms with E-state index in [1.165, 1.54) is 7.11 Å². The van der Waals surface area contributed by atoms with Crippen molar-refractivity contribution in [3.63, 3.8) is 0 Å². The predicted molar refractivity (Wildman–Crippen MR) is 99.6 cm³/mol. The van der Waals surface area contributed by atoms with Gasteiger partial charge in [-0.05, 0) is 44.9 Å². The summed E-state index contributed by atoms with van der Waals surface area (Å²) < 4.78 is 15.0. The van der Waals surface area contributed by atoms with Crippen LogP contribution in [0.2, 0.25) is 0 Å². The third-order valence-electron chi connectivity index (χ3n) is 3.16. The number of alkyl carbamates (subject to hydrolysis) is 1. The highest BCUT2D eigenvalue weighted by Gasteiger charge is 2.24. The minimum Gasteiger partial charge on any atom is -0.482 e. The fraction of sp³-hybridized carbons (Fsp3) is 0.500. The largest absolute Gasteiger partial charge is 0.482 e. The van der Waals surface area contributed by atoms with Crippen LogP contribution in [-0.4, -0.2) is 48.5 Å². The maximum Gasteiger partial charge on any atom is 0.408 e. The number of Topliss-reactive ketones (excluding diaryl/α,β-unsaturated/α-hetero) is 1. The number of esters is 1. The first-order valence-corrected chi connectivity index (χ1v) is 9.13. The molecule has 1 N–H and O–H groups in total. The van der Waals surface area contributed by atoms with Crippen molar-refractivity contribution in [2.75, 3.05) is 19.0 Å². The van der Waals surface area contributed by atoms with Crippen LogP contribution in [0.4, 0.5) is 4.79 Å². The van der Waals surface area contributed by atoms with E-state index in [0.29, 0.717) is 12.2 Å². The Hall–Kier alpha value is -2.09. The molecule has 0 aliphatic carbocycles. The molecule has 1 amide bonds. The van der Waals surface area contributed by atoms with Crippen LogP contribution in [0, 0.1) is 0 Å². The van der Waals surface area contributed by atoms with Gasteiger partial charge >= 0.3 is 12.1 Å². The zero-order valence-electron chi connectivity index (χ0n) is 15.3. The molecule has 0 saturated heterocycles. The van der Waals surface area contributed by atoms with E-state index in [1.807, 2.05) is 0 Å². The van der Waals surface area contributed by atoms with Crippen molar-refractivity contribution < 1.29 is 28.6 Å². The van der Waals surface area contributed by atoms with E-state index in [-0.39, 0.29) is 17.7 Å². The molecular formula is C18H24BrNO6. The Morgan fingerprint density at radius 2 is 1.77 bits per heavy atom. The molecule has 144 valence electrons. The zero-order valence-corrected chi connectivity index (χ0v) is 16.9. The van der Waals surface area contributed by atoms with Gasteiger partial charge in [-0.3, -0.25) is 4.79 Å². The summed E-state index contributed by atoms with van der Waals surface area (Å²) in [6.45, 7) is 5.07. The quantitative estimate of drug-likeness (QED) is 0.504. The molecule has 0 aromatic heterocycles. The third-order valence-corrected chi connectivity index (χ3v) is 3.71. The summed E-state index contributed by atoms with van der Waals surface area (Å²) in [6, 6.07) is 6.17. The number of ketones is 1. The molecule has 0 saturated carbocycles. The second-order valence-electron chi connectivity index (χ2n) is 6.51. The Morgan fingerprint density at radius 3 is 2.27 bits per heavy atom. The number of hydrogen-bond donors (Lipinski definition) is 1. The Kier molecular flexibility index (Phi) is 8.57. The average Bonchev–Trinajstić information content (AvgIpc) is 2.57. The van der Waals surface area contributed by atoms with E-state index in [4.69, 9.17) is 9.47 Å². The van der Waals surface area contributed by atoms with E-state index in [9.17, 15) is 14.4 Å². The molecular weight excluding hydrogens is 406 g/mol. The van der Waals surface area contributed by atoms with Crippen LogP contribution in [0.5, 0.6) is 5.75 Å². The zero-order chi connectivity index (χ0) is 19.7. The predicted octanol–water partition coefficient (Wildman–Crippen LogP) is 2.64. The van der Waals surface area contributed by atoms with Gasteiger partial charge in [-0.1, -0.05) is 28.1 Å². The molecule has 1 aromatic rings. The van der Waals surface area contributed by atoms with E-state index in [2.05, 4.69) is 26.0 Å². The monoisotopic (exact) mass is 429 g/mol. The Morgan fingerprint density at radius 1 is 1.15 bits per heavy atom. The van der Waals surface area contributed by atoms with E-state index < -0.39 is 23.7 Å². The smallest absolute Gasteiger partial charge is 0.408 e. The van der Waals surface area contributed by atoms with Gasteiger partial charge in [0.15, 0.2) is 12.4 Å². The standard InChI is InChI=1S/C18H24BrNO6/c1-18(2,3)26-17(23)20-14(15(21)10-19)9-12-5-7-13(8-6-12)25-11-16(22)24-4/h5-8,14H,9-11H2,1-4H3,(H,20,23)/t14-/m0/s1. The first kappa shape index (κ1) is 22.0. The molecule has 0 fully saturated rings. The number of methoxy groups -OCH3 is 1. The number of carbonyl (C=O) groups excluding carboxylic acids is 3. The second kappa shape index (κ2) is 10.2. The minimum atomic E-state index is -0.717. The van der Waals surface area contributed by atoms with Gasteiger partial charge in [-0.25, -0.2) is 9.59 Å². The molecule has 0 aliphatic heterocycles. The van der Waals surface area contributed by atoms with Gasteiger partial charge in [0.1, 0.15) is 11.4 Å². The van der Waals surface area contributed by atoms with Crippen molar-refractivity contribution in [1.82, 2.24) is 5.32 Å². The first-order chi connectivity index (χ1) is 12.1. The third kappa shape index (κ3) is 8.33. The van der Waals surface area contributed by atoms with E-state index in [0.717, 1.165) is 5.56 Å². The second-order valence-corrected chi connectivity index (χ2v) is 7.07. The molecule has 7 nitrogen and oxygen atoms in total. The summed E-state index contributed by atoms with van der Waals surface area (Å²) in [5.74, 6) is -0.136. The minimum absolute atomic E-state index is 0.119. The van der Waals surface area contributed by atoms with E-state index >= 15 is 0 Å². The number of alkyl halides is 1. The summed E-state index contributed by atoms with van der Waals surface area (Å²) in [6.07, 6.45) is -0.337. The lowest BCUT2D eigenvalue weighted by Gasteiger charge is -2.23. The van der Waals surface area contributed by atoms with Crippen LogP contribution < -0.4 is 10.1 Å². The van der Waals surface area contributed by atoms with Gasteiger partial charge in [0.25, 0.3) is 0 Å². The number of benzene rings is 1. The Labute approximate surface area is 161 Å². The van der Waals surface area contributed by atoms with Crippen LogP contribution >= 0.6 is 15.9 Å². The molecule has 0 radical (unpaired) electrons. The van der Waals surface area contributed by atoms with Gasteiger partial charge in [0.2, 0.25) is 0 Å². The summed E-state index contributed by atoms with van der Waals surface area (Å²) in [7, 11) is 1.29. The lowest BCUT2D eigenvalue weighted by Crippen LogP contribution is -2.45. The van der Waals surface area contributed by atoms with Gasteiger partial charge in [-0.2, -0.15) is 0 Å². The normalized spacial score (nSPS) is 12.0. The SMILES string of the molecule is COC(=O)COc1ccc(C[C@H](NC(=O)OC(C)(C)C)C(=O)CBr)cc1. The maximum atomic E-state index is 12.1. The maximum absolute atomic E-state index is 12.1. The van der Waals surface area contributed by atoms with Gasteiger partial charge in [0.05, 0.1) is 18.5 Å². The molecule has 26 heavy (non-hydrogen) atoms. The molecule has 0 heterocycles. The Balaban J connectivity index is 2.71. The topological polar surface area (TPSA) is 90.9 Å². The van der Waals surface area contributed by atoms with Gasteiger partial charge in [-0.15, -0.1) is 0 Å². The number of halogens is 1. The summed E-state index contributed by atoms with van der Waals surface area (Å²) in [5, 5.41) is 2.72. The van der Waals surface area contributed by atoms with Crippen molar-refractivity contribution in [1.29, 1.82) is 0 Å². The van der Waals surface area contributed by atoms with Crippen molar-refractivity contribution >= 4 is 33.8 Å². The number of amides is 1. The number of hydrogen-bond acceptors (Lipinski definition) is 6. The van der Waals surface area contributed by atoms with Crippen LogP contribution in [-0.2, 0) is 25.5 Å². The van der Waals surface area contributed by atoms with Crippen LogP contribution in [0.3, 0.4) is 0 Å². The highest BCUT2D eigenvalue weighted by molar-refractivity contribution is 9.09. The number of ether oxygens (including phenoxy) is 3. The molecule has 8 heteroatoms. The fourth-order valence-corrected chi connectivity index (χ4v) is 2.34. The van der Waals surface area contributed by atoms with E-state index in [1.54, 1.807) is 45.0 Å². The summed E-state index contributed by atoms with van der Waals surface area (Å²) in [5.41, 5.74) is 0.177. The van der Waals surface area contributed by atoms with Crippen LogP contribution in [0.1, 0.15) is 26.3 Å². The molecule has 0 unspecified atom stereocenters. The molecule has 1 aromatic carbocycles. The Bertz CT molecular complexity index is 624. The fourth-order valence-electron chi connectivity index (χ4n) is 1.95. The molecule has 0 spiro atoms. The number of carbonyl (C=O) groups is 3. The van der Waals surface area contributed by atoms with Crippen molar-refractivity contribution in [3.8, 4) is 5.75 Å². The molecule has 1 atom stereocenters. The lowest BCUT2D eigenvalue weighted by atomic mass is 10.0. The summed E-state index contributed by atoms with van der Waals surface area (Å²) >= 11 is 3.13. The first-order valence-electron chi connectivity index (χ1n) is 8.01. The summed E-state index contributed by atoms with van der Waals surface area (Å²) in [4.78, 5) is 35.1. The van der Waals surface area contributed by atoms with Crippen molar-refractivity contribution in [2.45, 2.75) is 38.8 Å². The highest BCUT2D eigenvalue weighted by Crippen LogP contribution is 2.15. The molecule has 0 bridgehead atoms. The van der Waals surface area contributed by atoms with Gasteiger partial charge in [0, 0.05) is 0 Å². The lowest BCUT2D eigenvalue weighted by molar-refractivity contribution is -0.142. The molecule has 0 aliphatic rings. The van der Waals surface area contributed by atoms with Gasteiger partial charge < -0.3 is 19.5 Å². The number of rotatable bonds is 8. The van der Waals surface area contributed by atoms with Crippen LogP contribution in [0.15, 0.2) is 24.3 Å². The number of nitrogens with one attached hydrogen (secondary N) is 1. The van der Waals surface area contributed by atoms with Crippen molar-refractivity contribution in [3.05, 3.63) is 29.8 Å². The van der Waals surface area contributed by atoms with Crippen LogP contribution in [0.25, 0.3) is 0 Å². The highest BCUT2D eigenvalue weighted by atomic mass is 79.9. The average molecular weight is 430 g/mol. The molecule has 1 rings (SSSR count). The van der Waals surface area contributed by atoms with Crippen molar-refractivity contribution in [2.24, 2.45) is 0 Å².